The Hall–Kier alpha value is -2.69. The summed E-state index contributed by atoms with van der Waals surface area (Å²) in [5.41, 5.74) is 4.27. The molecule has 132 valence electrons. The van der Waals surface area contributed by atoms with E-state index in [-0.39, 0.29) is 18.5 Å². The van der Waals surface area contributed by atoms with Gasteiger partial charge in [-0.2, -0.15) is 0 Å². The Balaban J connectivity index is 1.59. The number of ether oxygens (including phenoxy) is 2. The van der Waals surface area contributed by atoms with Gasteiger partial charge in [-0.1, -0.05) is 24.3 Å². The number of hydrogen-bond donors (Lipinski definition) is 2. The largest absolute Gasteiger partial charge is 0.486 e. The third-order valence-electron chi connectivity index (χ3n) is 4.35. The van der Waals surface area contributed by atoms with Crippen molar-refractivity contribution in [3.05, 3.63) is 53.1 Å². The van der Waals surface area contributed by atoms with Crippen molar-refractivity contribution in [3.63, 3.8) is 0 Å². The van der Waals surface area contributed by atoms with E-state index in [1.807, 2.05) is 57.2 Å². The highest BCUT2D eigenvalue weighted by Gasteiger charge is 2.16. The van der Waals surface area contributed by atoms with E-state index < -0.39 is 0 Å². The maximum absolute atomic E-state index is 12.3. The summed E-state index contributed by atoms with van der Waals surface area (Å²) in [6.45, 7) is 7.39. The Morgan fingerprint density at radius 1 is 1.08 bits per heavy atom. The molecular weight excluding hydrogens is 316 g/mol. The zero-order valence-electron chi connectivity index (χ0n) is 14.9. The lowest BCUT2D eigenvalue weighted by Gasteiger charge is -2.21. The van der Waals surface area contributed by atoms with Crippen LogP contribution in [-0.4, -0.2) is 25.7 Å². The summed E-state index contributed by atoms with van der Waals surface area (Å²) in [4.78, 5) is 12.3. The Kier molecular flexibility index (Phi) is 5.12. The number of benzene rings is 2. The molecule has 1 amide bonds. The number of carbonyl (C=O) groups excluding carboxylic acids is 1. The van der Waals surface area contributed by atoms with Crippen molar-refractivity contribution in [1.29, 1.82) is 0 Å². The zero-order chi connectivity index (χ0) is 17.8. The molecule has 2 N–H and O–H groups in total. The van der Waals surface area contributed by atoms with Gasteiger partial charge in [0.25, 0.3) is 0 Å². The standard InChI is InChI=1S/C20H24N2O3/c1-13-5-4-6-14(2)20(13)21-12-19(23)22-15(3)16-7-8-17-18(11-16)25-10-9-24-17/h4-8,11,15,21H,9-10,12H2,1-3H3,(H,22,23). The van der Waals surface area contributed by atoms with E-state index in [1.165, 1.54) is 0 Å². The van der Waals surface area contributed by atoms with Gasteiger partial charge in [-0.05, 0) is 49.6 Å². The summed E-state index contributed by atoms with van der Waals surface area (Å²) in [5, 5.41) is 6.25. The highest BCUT2D eigenvalue weighted by Crippen LogP contribution is 2.32. The molecule has 1 heterocycles. The molecule has 1 aliphatic rings. The van der Waals surface area contributed by atoms with Crippen LogP contribution in [0, 0.1) is 13.8 Å². The molecule has 5 heteroatoms. The van der Waals surface area contributed by atoms with Gasteiger partial charge >= 0.3 is 0 Å². The van der Waals surface area contributed by atoms with Crippen molar-refractivity contribution in [2.24, 2.45) is 0 Å². The smallest absolute Gasteiger partial charge is 0.239 e. The van der Waals surface area contributed by atoms with Crippen LogP contribution in [0.4, 0.5) is 5.69 Å². The maximum atomic E-state index is 12.3. The van der Waals surface area contributed by atoms with Gasteiger partial charge in [0.15, 0.2) is 11.5 Å². The fourth-order valence-corrected chi connectivity index (χ4v) is 2.97. The van der Waals surface area contributed by atoms with E-state index in [4.69, 9.17) is 9.47 Å². The molecule has 25 heavy (non-hydrogen) atoms. The zero-order valence-corrected chi connectivity index (χ0v) is 14.9. The molecule has 1 unspecified atom stereocenters. The van der Waals surface area contributed by atoms with Crippen LogP contribution >= 0.6 is 0 Å². The first-order chi connectivity index (χ1) is 12.0. The first kappa shape index (κ1) is 17.1. The lowest BCUT2D eigenvalue weighted by atomic mass is 10.1. The number of anilines is 1. The number of fused-ring (bicyclic) bond motifs is 1. The summed E-state index contributed by atoms with van der Waals surface area (Å²) in [7, 11) is 0. The van der Waals surface area contributed by atoms with Crippen LogP contribution in [0.5, 0.6) is 11.5 Å². The number of para-hydroxylation sites is 1. The molecule has 1 atom stereocenters. The molecule has 2 aromatic carbocycles. The third-order valence-corrected chi connectivity index (χ3v) is 4.35. The molecule has 0 radical (unpaired) electrons. The van der Waals surface area contributed by atoms with E-state index in [1.54, 1.807) is 0 Å². The number of hydrogen-bond acceptors (Lipinski definition) is 4. The molecular formula is C20H24N2O3. The van der Waals surface area contributed by atoms with Crippen LogP contribution in [-0.2, 0) is 4.79 Å². The van der Waals surface area contributed by atoms with Crippen LogP contribution in [0.15, 0.2) is 36.4 Å². The lowest BCUT2D eigenvalue weighted by molar-refractivity contribution is -0.120. The minimum absolute atomic E-state index is 0.0509. The monoisotopic (exact) mass is 340 g/mol. The Bertz CT molecular complexity index is 753. The Labute approximate surface area is 148 Å². The van der Waals surface area contributed by atoms with E-state index >= 15 is 0 Å². The fourth-order valence-electron chi connectivity index (χ4n) is 2.97. The van der Waals surface area contributed by atoms with Gasteiger partial charge in [0.1, 0.15) is 13.2 Å². The van der Waals surface area contributed by atoms with Gasteiger partial charge in [-0.25, -0.2) is 0 Å². The highest BCUT2D eigenvalue weighted by atomic mass is 16.6. The molecule has 0 bridgehead atoms. The molecule has 1 aliphatic heterocycles. The highest BCUT2D eigenvalue weighted by molar-refractivity contribution is 5.81. The summed E-state index contributed by atoms with van der Waals surface area (Å²) in [6.07, 6.45) is 0. The van der Waals surface area contributed by atoms with Gasteiger partial charge in [0.2, 0.25) is 5.91 Å². The van der Waals surface area contributed by atoms with Gasteiger partial charge in [-0.3, -0.25) is 4.79 Å². The predicted molar refractivity (Wildman–Crippen MR) is 98.4 cm³/mol. The van der Waals surface area contributed by atoms with Gasteiger partial charge in [0, 0.05) is 5.69 Å². The van der Waals surface area contributed by atoms with Crippen LogP contribution < -0.4 is 20.1 Å². The summed E-state index contributed by atoms with van der Waals surface area (Å²) >= 11 is 0. The van der Waals surface area contributed by atoms with Crippen LogP contribution in [0.3, 0.4) is 0 Å². The first-order valence-electron chi connectivity index (χ1n) is 8.53. The summed E-state index contributed by atoms with van der Waals surface area (Å²) in [5.74, 6) is 1.44. The molecule has 0 saturated heterocycles. The second kappa shape index (κ2) is 7.47. The Morgan fingerprint density at radius 2 is 1.76 bits per heavy atom. The number of nitrogens with one attached hydrogen (secondary N) is 2. The molecule has 0 spiro atoms. The minimum atomic E-state index is -0.108. The number of aryl methyl sites for hydroxylation is 2. The lowest BCUT2D eigenvalue weighted by Crippen LogP contribution is -2.32. The molecule has 0 saturated carbocycles. The van der Waals surface area contributed by atoms with Crippen molar-refractivity contribution >= 4 is 11.6 Å². The van der Waals surface area contributed by atoms with Crippen molar-refractivity contribution in [2.45, 2.75) is 26.8 Å². The van der Waals surface area contributed by atoms with Gasteiger partial charge < -0.3 is 20.1 Å². The van der Waals surface area contributed by atoms with Crippen LogP contribution in [0.2, 0.25) is 0 Å². The maximum Gasteiger partial charge on any atom is 0.239 e. The SMILES string of the molecule is Cc1cccc(C)c1NCC(=O)NC(C)c1ccc2c(c1)OCCO2. The van der Waals surface area contributed by atoms with E-state index in [0.29, 0.717) is 13.2 Å². The second-order valence-corrected chi connectivity index (χ2v) is 6.31. The topological polar surface area (TPSA) is 59.6 Å². The fraction of sp³-hybridized carbons (Fsp3) is 0.350. The molecule has 2 aromatic rings. The van der Waals surface area contributed by atoms with Gasteiger partial charge in [-0.15, -0.1) is 0 Å². The molecule has 5 nitrogen and oxygen atoms in total. The van der Waals surface area contributed by atoms with E-state index in [0.717, 1.165) is 33.9 Å². The van der Waals surface area contributed by atoms with E-state index in [2.05, 4.69) is 10.6 Å². The van der Waals surface area contributed by atoms with Gasteiger partial charge in [0.05, 0.1) is 12.6 Å². The minimum Gasteiger partial charge on any atom is -0.486 e. The molecule has 3 rings (SSSR count). The predicted octanol–water partition coefficient (Wildman–Crippen LogP) is 3.36. The van der Waals surface area contributed by atoms with Crippen molar-refractivity contribution in [1.82, 2.24) is 5.32 Å². The van der Waals surface area contributed by atoms with Crippen molar-refractivity contribution in [2.75, 3.05) is 25.1 Å². The molecule has 0 fully saturated rings. The average Bonchev–Trinajstić information content (AvgIpc) is 2.61. The first-order valence-corrected chi connectivity index (χ1v) is 8.53. The quantitative estimate of drug-likeness (QED) is 0.876. The molecule has 0 aliphatic carbocycles. The van der Waals surface area contributed by atoms with Crippen LogP contribution in [0.1, 0.15) is 29.7 Å². The normalized spacial score (nSPS) is 13.9. The average molecular weight is 340 g/mol. The summed E-state index contributed by atoms with van der Waals surface area (Å²) in [6, 6.07) is 11.7. The molecule has 0 aromatic heterocycles. The number of rotatable bonds is 5. The number of amides is 1. The summed E-state index contributed by atoms with van der Waals surface area (Å²) < 4.78 is 11.1. The van der Waals surface area contributed by atoms with E-state index in [9.17, 15) is 4.79 Å². The van der Waals surface area contributed by atoms with Crippen molar-refractivity contribution < 1.29 is 14.3 Å². The number of carbonyl (C=O) groups is 1. The Morgan fingerprint density at radius 3 is 2.48 bits per heavy atom. The van der Waals surface area contributed by atoms with Crippen LogP contribution in [0.25, 0.3) is 0 Å². The second-order valence-electron chi connectivity index (χ2n) is 6.31. The third kappa shape index (κ3) is 4.05. The van der Waals surface area contributed by atoms with Crippen molar-refractivity contribution in [3.8, 4) is 11.5 Å².